The number of hydrogen-bond acceptors (Lipinski definition) is 0. The van der Waals surface area contributed by atoms with Gasteiger partial charge in [0.15, 0.2) is 0 Å². The molecule has 0 nitrogen and oxygen atoms in total. The molecule has 3 aromatic carbocycles. The third kappa shape index (κ3) is 2.45. The van der Waals surface area contributed by atoms with Gasteiger partial charge in [-0.3, -0.25) is 0 Å². The van der Waals surface area contributed by atoms with Crippen molar-refractivity contribution in [3.8, 4) is 11.1 Å². The average Bonchev–Trinajstić information content (AvgIpc) is 3.32. The van der Waals surface area contributed by atoms with Crippen LogP contribution in [0.15, 0.2) is 113 Å². The average molecular weight is 384 g/mol. The smallest absolute Gasteiger partial charge is 0.0740 e. The van der Waals surface area contributed by atoms with E-state index < -0.39 is 0 Å². The molecule has 0 radical (unpaired) electrons. The van der Waals surface area contributed by atoms with Gasteiger partial charge in [-0.25, -0.2) is 0 Å². The summed E-state index contributed by atoms with van der Waals surface area (Å²) in [7, 11) is 0. The van der Waals surface area contributed by atoms with Crippen LogP contribution in [0.5, 0.6) is 0 Å². The molecule has 0 aromatic heterocycles. The summed E-state index contributed by atoms with van der Waals surface area (Å²) in [5, 5.41) is 0. The molecule has 0 amide bonds. The van der Waals surface area contributed by atoms with E-state index in [-0.39, 0.29) is 0 Å². The molecule has 2 unspecified atom stereocenters. The Hall–Kier alpha value is -3.47. The van der Waals surface area contributed by atoms with Crippen LogP contribution in [0.4, 0.5) is 0 Å². The van der Waals surface area contributed by atoms with E-state index in [2.05, 4.69) is 111 Å². The Morgan fingerprint density at radius 1 is 0.700 bits per heavy atom. The van der Waals surface area contributed by atoms with Crippen molar-refractivity contribution in [2.75, 3.05) is 0 Å². The second-order valence-electron chi connectivity index (χ2n) is 8.65. The van der Waals surface area contributed by atoms with E-state index in [0.29, 0.717) is 11.8 Å². The highest BCUT2D eigenvalue weighted by Crippen LogP contribution is 2.62. The second-order valence-corrected chi connectivity index (χ2v) is 8.65. The molecule has 30 heavy (non-hydrogen) atoms. The number of allylic oxidation sites excluding steroid dienone is 8. The molecule has 142 valence electrons. The maximum Gasteiger partial charge on any atom is 0.131 e. The molecule has 0 heterocycles. The molecule has 2 bridgehead atoms. The van der Waals surface area contributed by atoms with Crippen LogP contribution in [0.3, 0.4) is 0 Å². The molecule has 3 aromatic rings. The van der Waals surface area contributed by atoms with E-state index in [1.54, 1.807) is 5.57 Å². The van der Waals surface area contributed by atoms with Crippen molar-refractivity contribution in [1.82, 2.24) is 0 Å². The molecule has 0 saturated carbocycles. The Kier molecular flexibility index (Phi) is 3.78. The van der Waals surface area contributed by atoms with Crippen molar-refractivity contribution in [1.29, 1.82) is 0 Å². The van der Waals surface area contributed by atoms with E-state index in [9.17, 15) is 0 Å². The zero-order chi connectivity index (χ0) is 20.2. The molecule has 3 aliphatic rings. The fourth-order valence-corrected chi connectivity index (χ4v) is 5.43. The standard InChI is InChI=1S/C30H23/c1-19(2)28-29-25-16-14-23(21-11-7-4-8-12-21)18-27(25)30(28)24-15-13-22(17-26(24)29)20-9-5-3-6-10-20/h3-15,17-18,29-30H,1-2H3/q+1. The molecule has 0 heteroatoms. The van der Waals surface area contributed by atoms with Gasteiger partial charge < -0.3 is 0 Å². The minimum Gasteiger partial charge on any atom is -0.0740 e. The first-order chi connectivity index (χ1) is 14.7. The van der Waals surface area contributed by atoms with Gasteiger partial charge in [0, 0.05) is 11.6 Å². The number of benzene rings is 3. The molecule has 2 atom stereocenters. The fourth-order valence-electron chi connectivity index (χ4n) is 5.43. The van der Waals surface area contributed by atoms with Crippen LogP contribution in [0.25, 0.3) is 16.7 Å². The Morgan fingerprint density at radius 2 is 1.40 bits per heavy atom. The Balaban J connectivity index is 1.50. The zero-order valence-electron chi connectivity index (χ0n) is 17.3. The van der Waals surface area contributed by atoms with Crippen molar-refractivity contribution in [3.05, 3.63) is 136 Å². The van der Waals surface area contributed by atoms with Crippen LogP contribution in [0.1, 0.15) is 42.4 Å². The summed E-state index contributed by atoms with van der Waals surface area (Å²) in [6, 6.07) is 28.4. The maximum atomic E-state index is 3.70. The molecule has 0 N–H and O–H groups in total. The van der Waals surface area contributed by atoms with E-state index in [0.717, 1.165) is 0 Å². The van der Waals surface area contributed by atoms with Crippen molar-refractivity contribution in [2.24, 2.45) is 0 Å². The summed E-state index contributed by atoms with van der Waals surface area (Å²) in [5.41, 5.74) is 13.9. The molecule has 6 rings (SSSR count). The lowest BCUT2D eigenvalue weighted by Gasteiger charge is -2.17. The monoisotopic (exact) mass is 383 g/mol. The van der Waals surface area contributed by atoms with Gasteiger partial charge in [0.1, 0.15) is 11.6 Å². The van der Waals surface area contributed by atoms with Gasteiger partial charge in [-0.15, -0.1) is 0 Å². The number of fused-ring (bicyclic) bond motifs is 7. The third-order valence-electron chi connectivity index (χ3n) is 6.73. The number of rotatable bonds is 2. The van der Waals surface area contributed by atoms with E-state index in [1.807, 2.05) is 0 Å². The predicted octanol–water partition coefficient (Wildman–Crippen LogP) is 7.64. The van der Waals surface area contributed by atoms with Gasteiger partial charge >= 0.3 is 0 Å². The van der Waals surface area contributed by atoms with Gasteiger partial charge in [-0.05, 0) is 59.9 Å². The first-order valence-corrected chi connectivity index (χ1v) is 10.7. The predicted molar refractivity (Wildman–Crippen MR) is 125 cm³/mol. The largest absolute Gasteiger partial charge is 0.131 e. The van der Waals surface area contributed by atoms with Crippen molar-refractivity contribution >= 4 is 5.57 Å². The van der Waals surface area contributed by atoms with Gasteiger partial charge in [0.2, 0.25) is 0 Å². The SMILES string of the molecule is CC(C)=C1C2C3=C(C=C(c4ccccc4)C=[C+]3)C1c1ccc(-c3ccccc3)cc12. The van der Waals surface area contributed by atoms with Crippen LogP contribution >= 0.6 is 0 Å². The molecule has 0 fully saturated rings. The van der Waals surface area contributed by atoms with Crippen LogP contribution in [0.2, 0.25) is 0 Å². The van der Waals surface area contributed by atoms with Crippen molar-refractivity contribution in [3.63, 3.8) is 0 Å². The fraction of sp³-hybridized carbons (Fsp3) is 0.133. The quantitative estimate of drug-likeness (QED) is 0.315. The lowest BCUT2D eigenvalue weighted by atomic mass is 9.81. The molecular formula is C30H23+. The van der Waals surface area contributed by atoms with Gasteiger partial charge in [0.25, 0.3) is 0 Å². The normalized spacial score (nSPS) is 20.6. The van der Waals surface area contributed by atoms with Crippen LogP contribution < -0.4 is 0 Å². The lowest BCUT2D eigenvalue weighted by molar-refractivity contribution is 0.967. The summed E-state index contributed by atoms with van der Waals surface area (Å²) in [5.74, 6) is 0.716. The summed E-state index contributed by atoms with van der Waals surface area (Å²) in [6.07, 6.45) is 8.28. The van der Waals surface area contributed by atoms with Crippen LogP contribution in [0, 0.1) is 6.08 Å². The van der Waals surface area contributed by atoms with Crippen molar-refractivity contribution < 1.29 is 0 Å². The molecule has 3 aliphatic carbocycles. The Labute approximate surface area is 178 Å². The molecule has 0 spiro atoms. The van der Waals surface area contributed by atoms with E-state index >= 15 is 0 Å². The summed E-state index contributed by atoms with van der Waals surface area (Å²) < 4.78 is 0. The Bertz CT molecular complexity index is 1280. The van der Waals surface area contributed by atoms with Gasteiger partial charge in [-0.2, -0.15) is 0 Å². The minimum atomic E-state index is 0.346. The Morgan fingerprint density at radius 3 is 2.10 bits per heavy atom. The first kappa shape index (κ1) is 17.4. The summed E-state index contributed by atoms with van der Waals surface area (Å²) in [6.45, 7) is 4.53. The zero-order valence-corrected chi connectivity index (χ0v) is 17.3. The topological polar surface area (TPSA) is 0 Å². The van der Waals surface area contributed by atoms with Crippen LogP contribution in [-0.2, 0) is 0 Å². The first-order valence-electron chi connectivity index (χ1n) is 10.7. The van der Waals surface area contributed by atoms with Crippen LogP contribution in [-0.4, -0.2) is 0 Å². The summed E-state index contributed by atoms with van der Waals surface area (Å²) >= 11 is 0. The third-order valence-corrected chi connectivity index (χ3v) is 6.73. The lowest BCUT2D eigenvalue weighted by Crippen LogP contribution is -2.05. The van der Waals surface area contributed by atoms with Gasteiger partial charge in [-0.1, -0.05) is 66.2 Å². The van der Waals surface area contributed by atoms with E-state index in [4.69, 9.17) is 0 Å². The van der Waals surface area contributed by atoms with Crippen molar-refractivity contribution in [2.45, 2.75) is 25.7 Å². The highest BCUT2D eigenvalue weighted by atomic mass is 14.5. The molecular weight excluding hydrogens is 360 g/mol. The molecule has 0 saturated heterocycles. The maximum absolute atomic E-state index is 3.70. The molecule has 0 aliphatic heterocycles. The minimum absolute atomic E-state index is 0.346. The van der Waals surface area contributed by atoms with E-state index in [1.165, 1.54) is 50.1 Å². The highest BCUT2D eigenvalue weighted by molar-refractivity contribution is 5.84. The summed E-state index contributed by atoms with van der Waals surface area (Å²) in [4.78, 5) is 0. The number of hydrogen-bond donors (Lipinski definition) is 0. The van der Waals surface area contributed by atoms with Gasteiger partial charge in [0.05, 0.1) is 29.1 Å². The second kappa shape index (κ2) is 6.52. The highest BCUT2D eigenvalue weighted by Gasteiger charge is 2.52.